The van der Waals surface area contributed by atoms with Gasteiger partial charge >= 0.3 is 0 Å². The molecule has 1 unspecified atom stereocenters. The summed E-state index contributed by atoms with van der Waals surface area (Å²) in [5, 5.41) is 10.4. The second kappa shape index (κ2) is 5.39. The molecule has 0 aliphatic rings. The fourth-order valence-corrected chi connectivity index (χ4v) is 1.80. The lowest BCUT2D eigenvalue weighted by atomic mass is 10.0. The second-order valence-corrected chi connectivity index (χ2v) is 3.79. The number of methoxy groups -OCH3 is 2. The molecule has 0 fully saturated rings. The molecular weight excluding hydrogens is 230 g/mol. The summed E-state index contributed by atoms with van der Waals surface area (Å²) in [5.41, 5.74) is 6.77. The topological polar surface area (TPSA) is 64.7 Å². The van der Waals surface area contributed by atoms with Gasteiger partial charge in [-0.25, -0.2) is 0 Å². The molecule has 1 aromatic carbocycles. The van der Waals surface area contributed by atoms with E-state index in [4.69, 9.17) is 26.8 Å². The molecule has 0 aliphatic carbocycles. The molecule has 3 N–H and O–H groups in total. The van der Waals surface area contributed by atoms with Crippen LogP contribution in [0.25, 0.3) is 0 Å². The van der Waals surface area contributed by atoms with Crippen molar-refractivity contribution in [1.82, 2.24) is 0 Å². The Bertz CT molecular complexity index is 382. The SMILES string of the molecule is COc1cc(Cl)c(C)c(C(O)CN)c1OC. The lowest BCUT2D eigenvalue weighted by Gasteiger charge is -2.19. The van der Waals surface area contributed by atoms with E-state index in [0.29, 0.717) is 22.1 Å². The van der Waals surface area contributed by atoms with Crippen molar-refractivity contribution in [2.45, 2.75) is 13.0 Å². The molecule has 1 atom stereocenters. The Morgan fingerprint density at radius 3 is 2.50 bits per heavy atom. The Morgan fingerprint density at radius 2 is 2.06 bits per heavy atom. The van der Waals surface area contributed by atoms with Gasteiger partial charge in [0.15, 0.2) is 11.5 Å². The van der Waals surface area contributed by atoms with E-state index in [1.807, 2.05) is 0 Å². The van der Waals surface area contributed by atoms with Crippen LogP contribution in [0.3, 0.4) is 0 Å². The fourth-order valence-electron chi connectivity index (χ4n) is 1.60. The van der Waals surface area contributed by atoms with Crippen LogP contribution >= 0.6 is 11.6 Å². The van der Waals surface area contributed by atoms with Crippen molar-refractivity contribution in [3.05, 3.63) is 22.2 Å². The number of halogens is 1. The zero-order valence-electron chi connectivity index (χ0n) is 9.58. The predicted octanol–water partition coefficient (Wildman–Crippen LogP) is 1.66. The van der Waals surface area contributed by atoms with E-state index in [-0.39, 0.29) is 6.54 Å². The summed E-state index contributed by atoms with van der Waals surface area (Å²) in [7, 11) is 3.03. The molecule has 0 spiro atoms. The van der Waals surface area contributed by atoms with Gasteiger partial charge in [0.1, 0.15) is 0 Å². The summed E-state index contributed by atoms with van der Waals surface area (Å²) in [4.78, 5) is 0. The maximum Gasteiger partial charge on any atom is 0.166 e. The zero-order valence-corrected chi connectivity index (χ0v) is 10.3. The van der Waals surface area contributed by atoms with E-state index >= 15 is 0 Å². The summed E-state index contributed by atoms with van der Waals surface area (Å²) < 4.78 is 10.4. The molecule has 0 amide bonds. The molecule has 1 rings (SSSR count). The summed E-state index contributed by atoms with van der Waals surface area (Å²) in [6, 6.07) is 1.66. The quantitative estimate of drug-likeness (QED) is 0.847. The zero-order chi connectivity index (χ0) is 12.3. The Balaban J connectivity index is 3.46. The van der Waals surface area contributed by atoms with Crippen LogP contribution in [0.1, 0.15) is 17.2 Å². The van der Waals surface area contributed by atoms with Gasteiger partial charge in [-0.05, 0) is 12.5 Å². The largest absolute Gasteiger partial charge is 0.493 e. The first-order chi connectivity index (χ1) is 7.56. The maximum absolute atomic E-state index is 9.85. The van der Waals surface area contributed by atoms with E-state index in [1.165, 1.54) is 14.2 Å². The second-order valence-electron chi connectivity index (χ2n) is 3.38. The summed E-state index contributed by atoms with van der Waals surface area (Å²) in [6.07, 6.45) is -0.817. The predicted molar refractivity (Wildman–Crippen MR) is 63.3 cm³/mol. The third-order valence-electron chi connectivity index (χ3n) is 2.47. The number of nitrogens with two attached hydrogens (primary N) is 1. The number of aliphatic hydroxyl groups is 1. The van der Waals surface area contributed by atoms with Crippen molar-refractivity contribution < 1.29 is 14.6 Å². The van der Waals surface area contributed by atoms with Crippen molar-refractivity contribution >= 4 is 11.6 Å². The molecule has 0 heterocycles. The van der Waals surface area contributed by atoms with Crippen molar-refractivity contribution in [2.75, 3.05) is 20.8 Å². The molecule has 0 aliphatic heterocycles. The van der Waals surface area contributed by atoms with Crippen LogP contribution in [0.2, 0.25) is 5.02 Å². The Hall–Kier alpha value is -0.970. The molecule has 1 aromatic rings. The van der Waals surface area contributed by atoms with Crippen molar-refractivity contribution in [3.63, 3.8) is 0 Å². The van der Waals surface area contributed by atoms with Gasteiger partial charge in [0.25, 0.3) is 0 Å². The number of benzene rings is 1. The molecule has 90 valence electrons. The van der Waals surface area contributed by atoms with Gasteiger partial charge < -0.3 is 20.3 Å². The summed E-state index contributed by atoms with van der Waals surface area (Å²) in [5.74, 6) is 0.961. The first-order valence-electron chi connectivity index (χ1n) is 4.85. The summed E-state index contributed by atoms with van der Waals surface area (Å²) in [6.45, 7) is 1.90. The molecule has 0 saturated carbocycles. The van der Waals surface area contributed by atoms with Gasteiger partial charge in [0.2, 0.25) is 0 Å². The third kappa shape index (κ3) is 2.24. The molecule has 0 aromatic heterocycles. The van der Waals surface area contributed by atoms with Gasteiger partial charge in [-0.15, -0.1) is 0 Å². The van der Waals surface area contributed by atoms with Crippen LogP contribution in [0, 0.1) is 6.92 Å². The molecule has 0 radical (unpaired) electrons. The standard InChI is InChI=1S/C11H16ClNO3/c1-6-7(12)4-9(15-2)11(16-3)10(6)8(14)5-13/h4,8,14H,5,13H2,1-3H3. The maximum atomic E-state index is 9.85. The Morgan fingerprint density at radius 1 is 1.44 bits per heavy atom. The molecule has 0 bridgehead atoms. The highest BCUT2D eigenvalue weighted by molar-refractivity contribution is 6.31. The van der Waals surface area contributed by atoms with Gasteiger partial charge in [-0.2, -0.15) is 0 Å². The van der Waals surface area contributed by atoms with Gasteiger partial charge in [0.05, 0.1) is 20.3 Å². The van der Waals surface area contributed by atoms with Gasteiger partial charge in [-0.3, -0.25) is 0 Å². The van der Waals surface area contributed by atoms with E-state index in [2.05, 4.69) is 0 Å². The molecule has 5 heteroatoms. The number of hydrogen-bond donors (Lipinski definition) is 2. The molecular formula is C11H16ClNO3. The minimum atomic E-state index is -0.817. The average molecular weight is 246 g/mol. The average Bonchev–Trinajstić information content (AvgIpc) is 2.30. The van der Waals surface area contributed by atoms with Crippen molar-refractivity contribution in [3.8, 4) is 11.5 Å². The smallest absolute Gasteiger partial charge is 0.166 e. The van der Waals surface area contributed by atoms with Crippen LogP contribution in [-0.4, -0.2) is 25.9 Å². The monoisotopic (exact) mass is 245 g/mol. The van der Waals surface area contributed by atoms with E-state index < -0.39 is 6.10 Å². The fraction of sp³-hybridized carbons (Fsp3) is 0.455. The highest BCUT2D eigenvalue weighted by atomic mass is 35.5. The Kier molecular flexibility index (Phi) is 4.41. The first kappa shape index (κ1) is 13.1. The minimum absolute atomic E-state index is 0.0979. The highest BCUT2D eigenvalue weighted by Gasteiger charge is 2.21. The first-order valence-corrected chi connectivity index (χ1v) is 5.23. The van der Waals surface area contributed by atoms with Crippen LogP contribution in [-0.2, 0) is 0 Å². The molecule has 0 saturated heterocycles. The number of ether oxygens (including phenoxy) is 2. The Labute approximate surface area is 99.9 Å². The highest BCUT2D eigenvalue weighted by Crippen LogP contribution is 2.40. The van der Waals surface area contributed by atoms with Gasteiger partial charge in [0, 0.05) is 23.2 Å². The number of aliphatic hydroxyl groups excluding tert-OH is 1. The van der Waals surface area contributed by atoms with Crippen LogP contribution in [0.5, 0.6) is 11.5 Å². The van der Waals surface area contributed by atoms with Crippen LogP contribution in [0.4, 0.5) is 0 Å². The van der Waals surface area contributed by atoms with E-state index in [0.717, 1.165) is 5.56 Å². The van der Waals surface area contributed by atoms with Crippen molar-refractivity contribution in [1.29, 1.82) is 0 Å². The molecule has 4 nitrogen and oxygen atoms in total. The summed E-state index contributed by atoms with van der Waals surface area (Å²) >= 11 is 6.04. The molecule has 16 heavy (non-hydrogen) atoms. The van der Waals surface area contributed by atoms with Gasteiger partial charge in [-0.1, -0.05) is 11.6 Å². The number of rotatable bonds is 4. The lowest BCUT2D eigenvalue weighted by Crippen LogP contribution is -2.14. The van der Waals surface area contributed by atoms with E-state index in [9.17, 15) is 5.11 Å². The van der Waals surface area contributed by atoms with Crippen LogP contribution < -0.4 is 15.2 Å². The third-order valence-corrected chi connectivity index (χ3v) is 2.86. The normalized spacial score (nSPS) is 12.4. The van der Waals surface area contributed by atoms with Crippen molar-refractivity contribution in [2.24, 2.45) is 5.73 Å². The lowest BCUT2D eigenvalue weighted by molar-refractivity contribution is 0.180. The minimum Gasteiger partial charge on any atom is -0.493 e. The van der Waals surface area contributed by atoms with Crippen LogP contribution in [0.15, 0.2) is 6.07 Å². The number of hydrogen-bond acceptors (Lipinski definition) is 4. The van der Waals surface area contributed by atoms with E-state index in [1.54, 1.807) is 13.0 Å².